The standard InChI is InChI=1S/C12H24.C3H8.C2H6/c1-2-3-4-5-6-9-12-10-7-8-11-12;1-3-2;1-2/h12H,2-11H2,1H3;3H2,1-2H3;1-2H3. The maximum atomic E-state index is 2.29. The lowest BCUT2D eigenvalue weighted by molar-refractivity contribution is 0.464. The Hall–Kier alpha value is 0. The summed E-state index contributed by atoms with van der Waals surface area (Å²) in [7, 11) is 0. The second-order valence-corrected chi connectivity index (χ2v) is 5.06. The number of rotatable bonds is 6. The molecule has 0 heteroatoms. The van der Waals surface area contributed by atoms with Gasteiger partial charge in [0, 0.05) is 0 Å². The van der Waals surface area contributed by atoms with Crippen molar-refractivity contribution < 1.29 is 0 Å². The van der Waals surface area contributed by atoms with E-state index in [2.05, 4.69) is 20.8 Å². The van der Waals surface area contributed by atoms with Crippen LogP contribution in [0.25, 0.3) is 0 Å². The summed E-state index contributed by atoms with van der Waals surface area (Å²) < 4.78 is 0. The first-order valence-corrected chi connectivity index (χ1v) is 8.35. The molecule has 1 fully saturated rings. The van der Waals surface area contributed by atoms with E-state index in [0.29, 0.717) is 0 Å². The SMILES string of the molecule is CC.CCC.CCCCCCCC1CCCC1. The zero-order valence-electron chi connectivity index (χ0n) is 13.4. The van der Waals surface area contributed by atoms with E-state index < -0.39 is 0 Å². The number of unbranched alkanes of at least 4 members (excludes halogenated alkanes) is 4. The molecule has 1 aliphatic carbocycles. The van der Waals surface area contributed by atoms with E-state index in [1.807, 2.05) is 13.8 Å². The van der Waals surface area contributed by atoms with Crippen LogP contribution in [-0.2, 0) is 0 Å². The molecule has 0 aromatic heterocycles. The summed E-state index contributed by atoms with van der Waals surface area (Å²) in [6, 6.07) is 0. The minimum absolute atomic E-state index is 1.12. The van der Waals surface area contributed by atoms with E-state index in [0.717, 1.165) is 5.92 Å². The minimum atomic E-state index is 1.12. The monoisotopic (exact) mass is 242 g/mol. The predicted octanol–water partition coefficient (Wildman–Crippen LogP) is 6.98. The molecule has 0 nitrogen and oxygen atoms in total. The molecular formula is C17H38. The molecule has 0 atom stereocenters. The second kappa shape index (κ2) is 18.4. The van der Waals surface area contributed by atoms with Gasteiger partial charge in [0.1, 0.15) is 0 Å². The lowest BCUT2D eigenvalue weighted by Crippen LogP contribution is -1.92. The van der Waals surface area contributed by atoms with Crippen molar-refractivity contribution in [1.82, 2.24) is 0 Å². The fraction of sp³-hybridized carbons (Fsp3) is 1.00. The van der Waals surface area contributed by atoms with Crippen molar-refractivity contribution in [1.29, 1.82) is 0 Å². The molecule has 1 rings (SSSR count). The molecule has 17 heavy (non-hydrogen) atoms. The van der Waals surface area contributed by atoms with Crippen molar-refractivity contribution in [2.45, 2.75) is 105 Å². The van der Waals surface area contributed by atoms with Gasteiger partial charge in [0.05, 0.1) is 0 Å². The van der Waals surface area contributed by atoms with Gasteiger partial charge >= 0.3 is 0 Å². The Labute approximate surface area is 112 Å². The first kappa shape index (κ1) is 19.3. The molecule has 0 unspecified atom stereocenters. The van der Waals surface area contributed by atoms with Gasteiger partial charge in [-0.3, -0.25) is 0 Å². The van der Waals surface area contributed by atoms with Gasteiger partial charge in [-0.05, 0) is 5.92 Å². The second-order valence-electron chi connectivity index (χ2n) is 5.06. The first-order valence-electron chi connectivity index (χ1n) is 8.35. The molecule has 0 N–H and O–H groups in total. The van der Waals surface area contributed by atoms with Crippen LogP contribution in [0.3, 0.4) is 0 Å². The van der Waals surface area contributed by atoms with Crippen molar-refractivity contribution in [3.63, 3.8) is 0 Å². The average molecular weight is 242 g/mol. The summed E-state index contributed by atoms with van der Waals surface area (Å²) >= 11 is 0. The molecule has 0 radical (unpaired) electrons. The number of hydrogen-bond donors (Lipinski definition) is 0. The number of hydrogen-bond acceptors (Lipinski definition) is 0. The van der Waals surface area contributed by atoms with E-state index in [1.165, 1.54) is 70.6 Å². The van der Waals surface area contributed by atoms with Crippen molar-refractivity contribution in [2.24, 2.45) is 5.92 Å². The van der Waals surface area contributed by atoms with Crippen LogP contribution in [0.4, 0.5) is 0 Å². The van der Waals surface area contributed by atoms with Crippen LogP contribution < -0.4 is 0 Å². The van der Waals surface area contributed by atoms with Crippen LogP contribution in [0.5, 0.6) is 0 Å². The van der Waals surface area contributed by atoms with Crippen LogP contribution in [0.1, 0.15) is 105 Å². The largest absolute Gasteiger partial charge is 0.0683 e. The Bertz CT molecular complexity index is 101. The van der Waals surface area contributed by atoms with Crippen LogP contribution in [0.2, 0.25) is 0 Å². The molecule has 0 aromatic carbocycles. The molecule has 106 valence electrons. The van der Waals surface area contributed by atoms with E-state index in [9.17, 15) is 0 Å². The molecule has 0 saturated heterocycles. The summed E-state index contributed by atoms with van der Waals surface area (Å²) in [5, 5.41) is 0. The topological polar surface area (TPSA) is 0 Å². The van der Waals surface area contributed by atoms with Gasteiger partial charge in [-0.15, -0.1) is 0 Å². The highest BCUT2D eigenvalue weighted by molar-refractivity contribution is 4.66. The Balaban J connectivity index is 0. The van der Waals surface area contributed by atoms with Gasteiger partial charge in [-0.2, -0.15) is 0 Å². The zero-order valence-corrected chi connectivity index (χ0v) is 13.4. The van der Waals surface area contributed by atoms with Crippen molar-refractivity contribution >= 4 is 0 Å². The fourth-order valence-electron chi connectivity index (χ4n) is 2.34. The van der Waals surface area contributed by atoms with Gasteiger partial charge in [-0.25, -0.2) is 0 Å². The summed E-state index contributed by atoms with van der Waals surface area (Å²) in [5.41, 5.74) is 0. The molecular weight excluding hydrogens is 204 g/mol. The summed E-state index contributed by atoms with van der Waals surface area (Å²) in [4.78, 5) is 0. The highest BCUT2D eigenvalue weighted by Gasteiger charge is 2.13. The quantitative estimate of drug-likeness (QED) is 0.441. The molecule has 0 spiro atoms. The highest BCUT2D eigenvalue weighted by Crippen LogP contribution is 2.29. The normalized spacial score (nSPS) is 14.6. The third kappa shape index (κ3) is 16.0. The van der Waals surface area contributed by atoms with Crippen molar-refractivity contribution in [2.75, 3.05) is 0 Å². The Morgan fingerprint density at radius 2 is 1.24 bits per heavy atom. The maximum absolute atomic E-state index is 2.29. The van der Waals surface area contributed by atoms with Gasteiger partial charge < -0.3 is 0 Å². The summed E-state index contributed by atoms with van der Waals surface area (Å²) in [5.74, 6) is 1.12. The Kier molecular flexibility index (Phi) is 20.9. The van der Waals surface area contributed by atoms with E-state index in [-0.39, 0.29) is 0 Å². The van der Waals surface area contributed by atoms with Gasteiger partial charge in [-0.1, -0.05) is 105 Å². The highest BCUT2D eigenvalue weighted by atomic mass is 14.2. The third-order valence-corrected chi connectivity index (χ3v) is 3.19. The van der Waals surface area contributed by atoms with Gasteiger partial charge in [0.2, 0.25) is 0 Å². The van der Waals surface area contributed by atoms with Gasteiger partial charge in [0.15, 0.2) is 0 Å². The Morgan fingerprint density at radius 1 is 0.765 bits per heavy atom. The van der Waals surface area contributed by atoms with E-state index in [4.69, 9.17) is 0 Å². The summed E-state index contributed by atoms with van der Waals surface area (Å²) in [6.07, 6.45) is 16.2. The third-order valence-electron chi connectivity index (χ3n) is 3.19. The average Bonchev–Trinajstić information content (AvgIpc) is 2.86. The Morgan fingerprint density at radius 3 is 1.71 bits per heavy atom. The molecule has 0 heterocycles. The molecule has 0 amide bonds. The minimum Gasteiger partial charge on any atom is -0.0683 e. The molecule has 0 bridgehead atoms. The fourth-order valence-corrected chi connectivity index (χ4v) is 2.34. The van der Waals surface area contributed by atoms with Crippen LogP contribution in [-0.4, -0.2) is 0 Å². The smallest absolute Gasteiger partial charge is 0.0414 e. The molecule has 0 aliphatic heterocycles. The van der Waals surface area contributed by atoms with Crippen molar-refractivity contribution in [3.8, 4) is 0 Å². The summed E-state index contributed by atoms with van der Waals surface area (Å²) in [6.45, 7) is 10.5. The molecule has 1 aliphatic rings. The first-order chi connectivity index (χ1) is 8.35. The zero-order chi connectivity index (χ0) is 13.4. The van der Waals surface area contributed by atoms with Crippen LogP contribution >= 0.6 is 0 Å². The molecule has 0 aromatic rings. The van der Waals surface area contributed by atoms with Crippen molar-refractivity contribution in [3.05, 3.63) is 0 Å². The maximum Gasteiger partial charge on any atom is -0.0414 e. The lowest BCUT2D eigenvalue weighted by Gasteiger charge is -2.07. The predicted molar refractivity (Wildman–Crippen MR) is 82.6 cm³/mol. The van der Waals surface area contributed by atoms with Gasteiger partial charge in [0.25, 0.3) is 0 Å². The van der Waals surface area contributed by atoms with E-state index in [1.54, 1.807) is 0 Å². The van der Waals surface area contributed by atoms with Crippen LogP contribution in [0.15, 0.2) is 0 Å². The van der Waals surface area contributed by atoms with Crippen LogP contribution in [0, 0.1) is 5.92 Å². The van der Waals surface area contributed by atoms with E-state index >= 15 is 0 Å². The lowest BCUT2D eigenvalue weighted by atomic mass is 9.99. The molecule has 1 saturated carbocycles.